The van der Waals surface area contributed by atoms with E-state index in [1.165, 1.54) is 0 Å². The van der Waals surface area contributed by atoms with E-state index < -0.39 is 5.97 Å². The van der Waals surface area contributed by atoms with Crippen LogP contribution in [0.2, 0.25) is 10.0 Å². The predicted octanol–water partition coefficient (Wildman–Crippen LogP) is 5.17. The van der Waals surface area contributed by atoms with E-state index in [1.807, 2.05) is 41.3 Å². The lowest BCUT2D eigenvalue weighted by Gasteiger charge is -2.28. The number of hydrogen-bond donors (Lipinski definition) is 0. The Morgan fingerprint density at radius 3 is 2.24 bits per heavy atom. The largest absolute Gasteiger partial charge is 0.462 e. The predicted molar refractivity (Wildman–Crippen MR) is 115 cm³/mol. The van der Waals surface area contributed by atoms with E-state index in [9.17, 15) is 9.59 Å². The van der Waals surface area contributed by atoms with Gasteiger partial charge in [-0.2, -0.15) is 0 Å². The van der Waals surface area contributed by atoms with Crippen molar-refractivity contribution in [3.05, 3.63) is 80.3 Å². The first kappa shape index (κ1) is 20.0. The van der Waals surface area contributed by atoms with Gasteiger partial charge in [0.15, 0.2) is 11.5 Å². The van der Waals surface area contributed by atoms with E-state index in [0.29, 0.717) is 21.5 Å². The van der Waals surface area contributed by atoms with Crippen molar-refractivity contribution < 1.29 is 14.3 Å². The molecule has 0 spiro atoms. The van der Waals surface area contributed by atoms with Gasteiger partial charge < -0.3 is 9.64 Å². The van der Waals surface area contributed by atoms with Gasteiger partial charge in [-0.1, -0.05) is 47.5 Å². The lowest BCUT2D eigenvalue weighted by atomic mass is 9.93. The minimum Gasteiger partial charge on any atom is -0.462 e. The molecule has 0 amide bonds. The van der Waals surface area contributed by atoms with E-state index in [4.69, 9.17) is 32.9 Å². The fraction of sp³-hybridized carbons (Fsp3) is 0.190. The number of nitrogens with zero attached hydrogens (tertiary/aromatic N) is 2. The molecule has 0 aromatic heterocycles. The van der Waals surface area contributed by atoms with Crippen LogP contribution in [0.15, 0.2) is 64.1 Å². The van der Waals surface area contributed by atoms with E-state index in [-0.39, 0.29) is 29.3 Å². The molecule has 2 atom stereocenters. The van der Waals surface area contributed by atoms with Gasteiger partial charge >= 0.3 is 5.97 Å². The smallest absolute Gasteiger partial charge is 0.347 e. The normalized spacial score (nSPS) is 20.5. The van der Waals surface area contributed by atoms with E-state index in [0.717, 1.165) is 22.9 Å². The number of benzene rings is 2. The van der Waals surface area contributed by atoms with Crippen molar-refractivity contribution >= 4 is 52.4 Å². The molecule has 0 saturated carbocycles. The zero-order valence-corrected chi connectivity index (χ0v) is 17.7. The SMILES string of the molecule is CCOC(=O)C1=C(C=O)N2C(=N[C@@H](c3ccc(Cl)cc3)[C@H]2c2ccc(Cl)cc2)S1. The number of esters is 1. The number of fused-ring (bicyclic) bond motifs is 1. The molecule has 2 heterocycles. The second-order valence-electron chi connectivity index (χ2n) is 6.43. The van der Waals surface area contributed by atoms with Crippen LogP contribution < -0.4 is 0 Å². The fourth-order valence-corrected chi connectivity index (χ4v) is 4.76. The summed E-state index contributed by atoms with van der Waals surface area (Å²) in [5.41, 5.74) is 2.15. The number of allylic oxidation sites excluding steroid dienone is 1. The average Bonchev–Trinajstić information content (AvgIpc) is 3.25. The van der Waals surface area contributed by atoms with Crippen molar-refractivity contribution in [2.45, 2.75) is 19.0 Å². The third kappa shape index (κ3) is 3.68. The summed E-state index contributed by atoms with van der Waals surface area (Å²) in [5, 5.41) is 1.84. The highest BCUT2D eigenvalue weighted by atomic mass is 35.5. The lowest BCUT2D eigenvalue weighted by molar-refractivity contribution is -0.137. The van der Waals surface area contributed by atoms with Crippen LogP contribution >= 0.6 is 35.0 Å². The molecule has 0 radical (unpaired) electrons. The summed E-state index contributed by atoms with van der Waals surface area (Å²) in [6.07, 6.45) is 0.689. The van der Waals surface area contributed by atoms with Gasteiger partial charge in [0.2, 0.25) is 0 Å². The van der Waals surface area contributed by atoms with Gasteiger partial charge in [0.05, 0.1) is 12.6 Å². The van der Waals surface area contributed by atoms with Crippen molar-refractivity contribution in [3.8, 4) is 0 Å². The van der Waals surface area contributed by atoms with Crippen LogP contribution in [0.5, 0.6) is 0 Å². The highest BCUT2D eigenvalue weighted by Gasteiger charge is 2.46. The maximum atomic E-state index is 12.3. The maximum absolute atomic E-state index is 12.3. The summed E-state index contributed by atoms with van der Waals surface area (Å²) in [5.74, 6) is -0.519. The number of rotatable bonds is 5. The Morgan fingerprint density at radius 1 is 1.10 bits per heavy atom. The summed E-state index contributed by atoms with van der Waals surface area (Å²) < 4.78 is 5.11. The molecular weight excluding hydrogens is 431 g/mol. The number of amidine groups is 1. The first-order valence-electron chi connectivity index (χ1n) is 8.96. The van der Waals surface area contributed by atoms with Gasteiger partial charge in [0, 0.05) is 10.0 Å². The molecule has 0 bridgehead atoms. The molecule has 5 nitrogen and oxygen atoms in total. The number of carbonyl (C=O) groups excluding carboxylic acids is 2. The third-order valence-corrected chi connectivity index (χ3v) is 6.28. The number of hydrogen-bond acceptors (Lipinski definition) is 6. The Kier molecular flexibility index (Phi) is 5.67. The van der Waals surface area contributed by atoms with Crippen LogP contribution in [0.3, 0.4) is 0 Å². The molecule has 4 rings (SSSR count). The molecule has 8 heteroatoms. The minimum absolute atomic E-state index is 0.232. The van der Waals surface area contributed by atoms with Crippen molar-refractivity contribution in [2.24, 2.45) is 4.99 Å². The Morgan fingerprint density at radius 2 is 1.69 bits per heavy atom. The quantitative estimate of drug-likeness (QED) is 0.468. The highest BCUT2D eigenvalue weighted by molar-refractivity contribution is 8.18. The van der Waals surface area contributed by atoms with Gasteiger partial charge in [-0.15, -0.1) is 0 Å². The van der Waals surface area contributed by atoms with Crippen molar-refractivity contribution in [3.63, 3.8) is 0 Å². The second kappa shape index (κ2) is 8.22. The minimum atomic E-state index is -0.519. The molecule has 2 aromatic carbocycles. The summed E-state index contributed by atoms with van der Waals surface area (Å²) in [6, 6.07) is 14.3. The molecule has 2 aliphatic rings. The first-order valence-corrected chi connectivity index (χ1v) is 10.5. The van der Waals surface area contributed by atoms with Crippen molar-refractivity contribution in [2.75, 3.05) is 6.61 Å². The molecule has 29 heavy (non-hydrogen) atoms. The van der Waals surface area contributed by atoms with Crippen molar-refractivity contribution in [1.29, 1.82) is 0 Å². The van der Waals surface area contributed by atoms with Gasteiger partial charge in [-0.3, -0.25) is 9.79 Å². The topological polar surface area (TPSA) is 59.0 Å². The third-order valence-electron chi connectivity index (χ3n) is 4.71. The van der Waals surface area contributed by atoms with Gasteiger partial charge in [0.1, 0.15) is 16.6 Å². The van der Waals surface area contributed by atoms with Gasteiger partial charge in [-0.25, -0.2) is 4.79 Å². The fourth-order valence-electron chi connectivity index (χ4n) is 3.45. The molecule has 2 aromatic rings. The van der Waals surface area contributed by atoms with Crippen molar-refractivity contribution in [1.82, 2.24) is 4.90 Å². The summed E-state index contributed by atoms with van der Waals surface area (Å²) in [6.45, 7) is 1.96. The Balaban J connectivity index is 1.81. The van der Waals surface area contributed by atoms with Crippen LogP contribution in [-0.2, 0) is 14.3 Å². The molecule has 0 N–H and O–H groups in total. The maximum Gasteiger partial charge on any atom is 0.347 e. The molecular formula is C21H16Cl2N2O3S. The molecule has 0 unspecified atom stereocenters. The summed E-state index contributed by atoms with van der Waals surface area (Å²) in [4.78, 5) is 31.2. The van der Waals surface area contributed by atoms with E-state index in [2.05, 4.69) is 0 Å². The van der Waals surface area contributed by atoms with E-state index >= 15 is 0 Å². The Hall–Kier alpha value is -2.28. The van der Waals surface area contributed by atoms with Gasteiger partial charge in [0.25, 0.3) is 0 Å². The van der Waals surface area contributed by atoms with E-state index in [1.54, 1.807) is 19.1 Å². The Labute approximate surface area is 182 Å². The van der Waals surface area contributed by atoms with Gasteiger partial charge in [-0.05, 0) is 54.1 Å². The van der Waals surface area contributed by atoms with Crippen LogP contribution in [0, 0.1) is 0 Å². The number of carbonyl (C=O) groups is 2. The average molecular weight is 447 g/mol. The summed E-state index contributed by atoms with van der Waals surface area (Å²) in [7, 11) is 0. The van der Waals surface area contributed by atoms with Crippen LogP contribution in [0.25, 0.3) is 0 Å². The molecule has 0 aliphatic carbocycles. The van der Waals surface area contributed by atoms with Crippen LogP contribution in [0.4, 0.5) is 0 Å². The van der Waals surface area contributed by atoms with Crippen LogP contribution in [0.1, 0.15) is 30.1 Å². The molecule has 0 fully saturated rings. The zero-order valence-electron chi connectivity index (χ0n) is 15.3. The molecule has 2 aliphatic heterocycles. The number of halogens is 2. The second-order valence-corrected chi connectivity index (χ2v) is 8.28. The van der Waals surface area contributed by atoms with Crippen LogP contribution in [-0.4, -0.2) is 28.9 Å². The molecule has 148 valence electrons. The Bertz CT molecular complexity index is 1020. The first-order chi connectivity index (χ1) is 14.0. The standard InChI is InChI=1S/C21H16Cl2N2O3S/c1-2-28-20(27)19-16(11-26)25-18(13-5-9-15(23)10-6-13)17(24-21(25)29-19)12-3-7-14(22)8-4-12/h3-11,17-18H,2H2,1H3/t17-,18+/m0/s1. The number of thioether (sulfide) groups is 1. The number of aldehydes is 1. The number of ether oxygens (including phenoxy) is 1. The molecule has 0 saturated heterocycles. The monoisotopic (exact) mass is 446 g/mol. The summed E-state index contributed by atoms with van der Waals surface area (Å²) >= 11 is 13.3. The zero-order chi connectivity index (χ0) is 20.5. The number of aliphatic imine (C=N–C) groups is 1. The lowest BCUT2D eigenvalue weighted by Crippen LogP contribution is -2.27. The highest BCUT2D eigenvalue weighted by Crippen LogP contribution is 2.51.